The number of aliphatic hydroxyl groups excluding tert-OH is 1. The number of hydrogen-bond acceptors (Lipinski definition) is 3. The average molecular weight is 325 g/mol. The molecule has 0 saturated heterocycles. The van der Waals surface area contributed by atoms with Gasteiger partial charge < -0.3 is 5.11 Å². The molecule has 0 aliphatic heterocycles. The van der Waals surface area contributed by atoms with Crippen molar-refractivity contribution in [3.63, 3.8) is 0 Å². The molecule has 1 fully saturated rings. The molecular weight excluding hydrogens is 304 g/mol. The summed E-state index contributed by atoms with van der Waals surface area (Å²) in [6.07, 6.45) is 4.66. The Bertz CT molecular complexity index is 419. The lowest BCUT2D eigenvalue weighted by molar-refractivity contribution is 0.0788. The van der Waals surface area contributed by atoms with Gasteiger partial charge in [0.25, 0.3) is 0 Å². The highest BCUT2D eigenvalue weighted by atomic mass is 79.9. The second-order valence-corrected chi connectivity index (χ2v) is 5.97. The number of halogens is 1. The predicted molar refractivity (Wildman–Crippen MR) is 82.5 cm³/mol. The van der Waals surface area contributed by atoms with Gasteiger partial charge in [-0.25, -0.2) is 0 Å². The number of rotatable bonds is 5. The van der Waals surface area contributed by atoms with Crippen LogP contribution in [0.25, 0.3) is 0 Å². The van der Waals surface area contributed by atoms with Crippen LogP contribution in [0, 0.1) is 5.92 Å². The Hall–Kier alpha value is -0.710. The van der Waals surface area contributed by atoms with Crippen LogP contribution in [0.2, 0.25) is 0 Å². The van der Waals surface area contributed by atoms with Crippen molar-refractivity contribution in [2.24, 2.45) is 10.9 Å². The smallest absolute Gasteiger partial charge is 0.107 e. The maximum absolute atomic E-state index is 9.91. The van der Waals surface area contributed by atoms with E-state index in [9.17, 15) is 5.11 Å². The van der Waals surface area contributed by atoms with E-state index < -0.39 is 0 Å². The van der Waals surface area contributed by atoms with Gasteiger partial charge in [-0.15, -0.1) is 0 Å². The molecule has 0 heterocycles. The molecule has 1 aromatic rings. The van der Waals surface area contributed by atoms with Crippen LogP contribution in [-0.2, 0) is 0 Å². The molecule has 1 saturated carbocycles. The molecule has 19 heavy (non-hydrogen) atoms. The topological polar surface area (TPSA) is 44.6 Å². The van der Waals surface area contributed by atoms with Crippen molar-refractivity contribution in [3.05, 3.63) is 34.3 Å². The van der Waals surface area contributed by atoms with Crippen LogP contribution >= 0.6 is 15.9 Å². The maximum atomic E-state index is 9.91. The van der Waals surface area contributed by atoms with Crippen LogP contribution < -0.4 is 5.32 Å². The first-order valence-corrected chi connectivity index (χ1v) is 7.68. The first kappa shape index (κ1) is 14.7. The number of benzene rings is 1. The highest BCUT2D eigenvalue weighted by Gasteiger charge is 2.28. The van der Waals surface area contributed by atoms with Crippen LogP contribution in [0.1, 0.15) is 31.7 Å². The molecule has 0 spiro atoms. The molecule has 3 nitrogen and oxygen atoms in total. The van der Waals surface area contributed by atoms with Gasteiger partial charge in [-0.3, -0.25) is 10.3 Å². The molecule has 0 amide bonds. The van der Waals surface area contributed by atoms with Gasteiger partial charge >= 0.3 is 0 Å². The molecule has 1 aromatic carbocycles. The lowest BCUT2D eigenvalue weighted by Crippen LogP contribution is -2.34. The molecule has 4 heteroatoms. The summed E-state index contributed by atoms with van der Waals surface area (Å²) in [6.45, 7) is 2.83. The zero-order valence-corrected chi connectivity index (χ0v) is 12.8. The molecule has 2 rings (SSSR count). The van der Waals surface area contributed by atoms with E-state index in [4.69, 9.17) is 0 Å². The van der Waals surface area contributed by atoms with Crippen LogP contribution in [0.15, 0.2) is 33.7 Å². The van der Waals surface area contributed by atoms with Crippen molar-refractivity contribution in [1.82, 2.24) is 5.32 Å². The van der Waals surface area contributed by atoms with E-state index in [1.807, 2.05) is 37.4 Å². The van der Waals surface area contributed by atoms with Crippen LogP contribution in [0.4, 0.5) is 0 Å². The summed E-state index contributed by atoms with van der Waals surface area (Å²) in [4.78, 5) is 4.64. The Morgan fingerprint density at radius 1 is 1.42 bits per heavy atom. The standard InChI is InChI=1S/C15H21BrN2O/c1-2-17-15(19)12-5-8-14(9-12)18-10-11-3-6-13(16)7-4-11/h3-4,6-7,10,12,14-15,17,19H,2,5,8-9H2,1H3/t12-,14+,15?/m0/s1. The second kappa shape index (κ2) is 7.17. The number of aliphatic imine (C=N–C) groups is 1. The molecule has 1 aliphatic rings. The van der Waals surface area contributed by atoms with Crippen LogP contribution in [-0.4, -0.2) is 30.1 Å². The van der Waals surface area contributed by atoms with E-state index in [2.05, 4.69) is 26.2 Å². The maximum Gasteiger partial charge on any atom is 0.107 e. The fraction of sp³-hybridized carbons (Fsp3) is 0.533. The van der Waals surface area contributed by atoms with Gasteiger partial charge in [-0.05, 0) is 43.5 Å². The normalized spacial score (nSPS) is 25.0. The molecule has 1 aliphatic carbocycles. The van der Waals surface area contributed by atoms with Crippen LogP contribution in [0.3, 0.4) is 0 Å². The minimum absolute atomic E-state index is 0.340. The van der Waals surface area contributed by atoms with E-state index in [1.165, 1.54) is 0 Å². The Balaban J connectivity index is 1.86. The second-order valence-electron chi connectivity index (χ2n) is 5.06. The third kappa shape index (κ3) is 4.41. The summed E-state index contributed by atoms with van der Waals surface area (Å²) in [7, 11) is 0. The largest absolute Gasteiger partial charge is 0.378 e. The minimum atomic E-state index is -0.377. The molecule has 0 bridgehead atoms. The summed E-state index contributed by atoms with van der Waals surface area (Å²) in [5.74, 6) is 0.340. The zero-order chi connectivity index (χ0) is 13.7. The molecule has 3 atom stereocenters. The van der Waals surface area contributed by atoms with Crippen molar-refractivity contribution in [2.45, 2.75) is 38.5 Å². The molecule has 1 unspecified atom stereocenters. The summed E-state index contributed by atoms with van der Waals surface area (Å²) in [6, 6.07) is 8.49. The summed E-state index contributed by atoms with van der Waals surface area (Å²) in [5.41, 5.74) is 1.12. The number of aliphatic hydroxyl groups is 1. The van der Waals surface area contributed by atoms with Gasteiger partial charge in [-0.1, -0.05) is 35.0 Å². The lowest BCUT2D eigenvalue weighted by Gasteiger charge is -2.18. The van der Waals surface area contributed by atoms with E-state index >= 15 is 0 Å². The van der Waals surface area contributed by atoms with E-state index in [0.717, 1.165) is 35.8 Å². The van der Waals surface area contributed by atoms with Gasteiger partial charge in [0, 0.05) is 16.6 Å². The van der Waals surface area contributed by atoms with Crippen molar-refractivity contribution in [1.29, 1.82) is 0 Å². The van der Waals surface area contributed by atoms with Crippen molar-refractivity contribution in [2.75, 3.05) is 6.54 Å². The number of hydrogen-bond donors (Lipinski definition) is 2. The molecule has 0 radical (unpaired) electrons. The van der Waals surface area contributed by atoms with Gasteiger partial charge in [0.05, 0.1) is 6.04 Å². The highest BCUT2D eigenvalue weighted by Crippen LogP contribution is 2.29. The molecular formula is C15H21BrN2O. The molecule has 0 aromatic heterocycles. The summed E-state index contributed by atoms with van der Waals surface area (Å²) in [5, 5.41) is 13.0. The van der Waals surface area contributed by atoms with Gasteiger partial charge in [-0.2, -0.15) is 0 Å². The van der Waals surface area contributed by atoms with Gasteiger partial charge in [0.15, 0.2) is 0 Å². The summed E-state index contributed by atoms with van der Waals surface area (Å²) < 4.78 is 1.08. The number of nitrogens with one attached hydrogen (secondary N) is 1. The Morgan fingerprint density at radius 3 is 2.84 bits per heavy atom. The fourth-order valence-corrected chi connectivity index (χ4v) is 2.79. The summed E-state index contributed by atoms with van der Waals surface area (Å²) >= 11 is 3.42. The average Bonchev–Trinajstić information content (AvgIpc) is 2.87. The van der Waals surface area contributed by atoms with Crippen molar-refractivity contribution >= 4 is 22.1 Å². The third-order valence-electron chi connectivity index (χ3n) is 3.61. The first-order chi connectivity index (χ1) is 9.19. The van der Waals surface area contributed by atoms with E-state index in [0.29, 0.717) is 12.0 Å². The third-order valence-corrected chi connectivity index (χ3v) is 4.14. The quantitative estimate of drug-likeness (QED) is 0.646. The zero-order valence-electron chi connectivity index (χ0n) is 11.2. The fourth-order valence-electron chi connectivity index (χ4n) is 2.53. The van der Waals surface area contributed by atoms with Crippen molar-refractivity contribution in [3.8, 4) is 0 Å². The van der Waals surface area contributed by atoms with Crippen LogP contribution in [0.5, 0.6) is 0 Å². The first-order valence-electron chi connectivity index (χ1n) is 6.89. The highest BCUT2D eigenvalue weighted by molar-refractivity contribution is 9.10. The number of nitrogens with zero attached hydrogens (tertiary/aromatic N) is 1. The van der Waals surface area contributed by atoms with Gasteiger partial charge in [0.2, 0.25) is 0 Å². The predicted octanol–water partition coefficient (Wildman–Crippen LogP) is 2.96. The Kier molecular flexibility index (Phi) is 5.55. The minimum Gasteiger partial charge on any atom is -0.378 e. The SMILES string of the molecule is CCNC(O)[C@H]1CC[C@@H](N=Cc2ccc(Br)cc2)C1. The van der Waals surface area contributed by atoms with Gasteiger partial charge in [0.1, 0.15) is 6.23 Å². The monoisotopic (exact) mass is 324 g/mol. The van der Waals surface area contributed by atoms with E-state index in [1.54, 1.807) is 0 Å². The molecule has 2 N–H and O–H groups in total. The Labute approximate surface area is 123 Å². The van der Waals surface area contributed by atoms with E-state index in [-0.39, 0.29) is 6.23 Å². The lowest BCUT2D eigenvalue weighted by atomic mass is 10.1. The van der Waals surface area contributed by atoms with Crippen molar-refractivity contribution < 1.29 is 5.11 Å². The molecule has 104 valence electrons. The Morgan fingerprint density at radius 2 is 2.16 bits per heavy atom.